The van der Waals surface area contributed by atoms with Crippen molar-refractivity contribution >= 4 is 38.3 Å². The Balaban J connectivity index is 2.84. The third-order valence-electron chi connectivity index (χ3n) is 1.85. The van der Waals surface area contributed by atoms with Crippen LogP contribution in [0, 0.1) is 0 Å². The van der Waals surface area contributed by atoms with Gasteiger partial charge < -0.3 is 0 Å². The van der Waals surface area contributed by atoms with E-state index in [0.717, 1.165) is 21.4 Å². The van der Waals surface area contributed by atoms with E-state index in [-0.39, 0.29) is 10.3 Å². The predicted molar refractivity (Wildman–Crippen MR) is 58.3 cm³/mol. The maximum atomic E-state index is 11.4. The smallest absolute Gasteiger partial charge is 0.257 e. The van der Waals surface area contributed by atoms with Gasteiger partial charge in [-0.05, 0) is 29.1 Å². The molecule has 14 heavy (non-hydrogen) atoms. The molecule has 0 radical (unpaired) electrons. The van der Waals surface area contributed by atoms with E-state index in [1.54, 1.807) is 0 Å². The lowest BCUT2D eigenvalue weighted by atomic mass is 10.2. The highest BCUT2D eigenvalue weighted by molar-refractivity contribution is 7.16. The molecule has 0 aliphatic rings. The highest BCUT2D eigenvalue weighted by Crippen LogP contribution is 2.17. The van der Waals surface area contributed by atoms with Gasteiger partial charge in [-0.1, -0.05) is 29.5 Å². The summed E-state index contributed by atoms with van der Waals surface area (Å²) in [6.07, 6.45) is 0. The van der Waals surface area contributed by atoms with Crippen molar-refractivity contribution in [3.63, 3.8) is 0 Å². The van der Waals surface area contributed by atoms with Crippen molar-refractivity contribution in [1.29, 1.82) is 0 Å². The second kappa shape index (κ2) is 3.52. The molecule has 1 aromatic heterocycles. The molecule has 4 heteroatoms. The Morgan fingerprint density at radius 3 is 2.71 bits per heavy atom. The molecule has 0 atom stereocenters. The third-order valence-corrected chi connectivity index (χ3v) is 3.05. The standard InChI is InChI=1S/C10H5ClO2S/c11-9(12)7-5-6-3-1-2-4-8(6)14-10(7)13/h1-5H. The highest BCUT2D eigenvalue weighted by Gasteiger charge is 2.08. The number of rotatable bonds is 1. The number of hydrogen-bond donors (Lipinski definition) is 0. The largest absolute Gasteiger partial charge is 0.277 e. The number of carbonyl (C=O) groups is 1. The van der Waals surface area contributed by atoms with Crippen molar-refractivity contribution in [3.05, 3.63) is 45.4 Å². The zero-order valence-corrected chi connectivity index (χ0v) is 8.56. The first-order chi connectivity index (χ1) is 6.68. The second-order valence-electron chi connectivity index (χ2n) is 2.76. The van der Waals surface area contributed by atoms with Crippen molar-refractivity contribution in [2.45, 2.75) is 0 Å². The fraction of sp³-hybridized carbons (Fsp3) is 0. The normalized spacial score (nSPS) is 10.4. The summed E-state index contributed by atoms with van der Waals surface area (Å²) < 4.78 is 0.572. The van der Waals surface area contributed by atoms with Gasteiger partial charge in [-0.15, -0.1) is 0 Å². The van der Waals surface area contributed by atoms with Crippen LogP contribution in [0.5, 0.6) is 0 Å². The van der Waals surface area contributed by atoms with Crippen molar-refractivity contribution < 1.29 is 4.79 Å². The second-order valence-corrected chi connectivity index (χ2v) is 4.12. The average molecular weight is 225 g/mol. The minimum atomic E-state index is -0.697. The van der Waals surface area contributed by atoms with Crippen molar-refractivity contribution in [2.75, 3.05) is 0 Å². The number of carbonyl (C=O) groups excluding carboxylic acids is 1. The molecular weight excluding hydrogens is 220 g/mol. The summed E-state index contributed by atoms with van der Waals surface area (Å²) in [5.74, 6) is 0. The van der Waals surface area contributed by atoms with Crippen molar-refractivity contribution in [1.82, 2.24) is 0 Å². The van der Waals surface area contributed by atoms with E-state index in [0.29, 0.717) is 0 Å². The maximum Gasteiger partial charge on any atom is 0.257 e. The molecule has 0 fully saturated rings. The molecule has 0 N–H and O–H groups in total. The molecule has 0 saturated heterocycles. The number of halogens is 1. The molecule has 0 unspecified atom stereocenters. The number of benzene rings is 1. The van der Waals surface area contributed by atoms with Gasteiger partial charge in [0.05, 0.1) is 5.56 Å². The van der Waals surface area contributed by atoms with Crippen LogP contribution in [0.3, 0.4) is 0 Å². The van der Waals surface area contributed by atoms with Gasteiger partial charge in [0.1, 0.15) is 0 Å². The van der Waals surface area contributed by atoms with E-state index < -0.39 is 5.24 Å². The lowest BCUT2D eigenvalue weighted by Crippen LogP contribution is -2.06. The quantitative estimate of drug-likeness (QED) is 0.698. The van der Waals surface area contributed by atoms with Gasteiger partial charge in [-0.25, -0.2) is 0 Å². The van der Waals surface area contributed by atoms with E-state index in [1.807, 2.05) is 24.3 Å². The van der Waals surface area contributed by atoms with Crippen molar-refractivity contribution in [3.8, 4) is 0 Å². The van der Waals surface area contributed by atoms with Crippen LogP contribution in [0.2, 0.25) is 0 Å². The van der Waals surface area contributed by atoms with Crippen LogP contribution >= 0.6 is 22.9 Å². The Morgan fingerprint density at radius 1 is 1.29 bits per heavy atom. The predicted octanol–water partition coefficient (Wildman–Crippen LogP) is 2.64. The highest BCUT2D eigenvalue weighted by atomic mass is 35.5. The van der Waals surface area contributed by atoms with Gasteiger partial charge in [-0.3, -0.25) is 9.59 Å². The molecule has 0 amide bonds. The fourth-order valence-corrected chi connectivity index (χ4v) is 2.25. The minimum absolute atomic E-state index is 0.0513. The summed E-state index contributed by atoms with van der Waals surface area (Å²) in [6, 6.07) is 8.91. The molecule has 2 aromatic rings. The number of hydrogen-bond acceptors (Lipinski definition) is 3. The maximum absolute atomic E-state index is 11.4. The molecule has 0 bridgehead atoms. The lowest BCUT2D eigenvalue weighted by Gasteiger charge is -1.96. The Morgan fingerprint density at radius 2 is 2.00 bits per heavy atom. The molecular formula is C10H5ClO2S. The van der Waals surface area contributed by atoms with E-state index in [4.69, 9.17) is 11.6 Å². The van der Waals surface area contributed by atoms with Crippen LogP contribution in [0.4, 0.5) is 0 Å². The number of fused-ring (bicyclic) bond motifs is 1. The molecule has 1 aromatic carbocycles. The average Bonchev–Trinajstić information content (AvgIpc) is 2.16. The Bertz CT molecular complexity index is 559. The molecule has 1 heterocycles. The van der Waals surface area contributed by atoms with Gasteiger partial charge in [0.25, 0.3) is 5.24 Å². The minimum Gasteiger partial charge on any atom is -0.277 e. The summed E-state index contributed by atoms with van der Waals surface area (Å²) in [7, 11) is 0. The summed E-state index contributed by atoms with van der Waals surface area (Å²) in [5, 5.41) is 0.165. The molecule has 2 nitrogen and oxygen atoms in total. The van der Waals surface area contributed by atoms with Crippen LogP contribution in [-0.2, 0) is 0 Å². The monoisotopic (exact) mass is 224 g/mol. The first-order valence-electron chi connectivity index (χ1n) is 3.91. The Hall–Kier alpha value is -1.19. The molecule has 0 spiro atoms. The van der Waals surface area contributed by atoms with E-state index in [1.165, 1.54) is 6.07 Å². The Kier molecular flexibility index (Phi) is 2.35. The van der Waals surface area contributed by atoms with Crippen LogP contribution in [0.25, 0.3) is 10.1 Å². The fourth-order valence-electron chi connectivity index (χ4n) is 1.20. The topological polar surface area (TPSA) is 34.1 Å². The van der Waals surface area contributed by atoms with E-state index >= 15 is 0 Å². The summed E-state index contributed by atoms with van der Waals surface area (Å²) in [4.78, 5) is 22.3. The van der Waals surface area contributed by atoms with Crippen LogP contribution in [0.15, 0.2) is 35.1 Å². The third kappa shape index (κ3) is 1.56. The van der Waals surface area contributed by atoms with Gasteiger partial charge in [0, 0.05) is 4.70 Å². The van der Waals surface area contributed by atoms with Gasteiger partial charge >= 0.3 is 0 Å². The SMILES string of the molecule is O=C(Cl)c1cc2ccccc2sc1=O. The van der Waals surface area contributed by atoms with E-state index in [9.17, 15) is 9.59 Å². The zero-order chi connectivity index (χ0) is 10.1. The molecule has 0 saturated carbocycles. The van der Waals surface area contributed by atoms with Gasteiger partial charge in [0.15, 0.2) is 0 Å². The molecule has 2 rings (SSSR count). The van der Waals surface area contributed by atoms with Crippen LogP contribution < -0.4 is 4.74 Å². The summed E-state index contributed by atoms with van der Waals surface area (Å²) >= 11 is 6.31. The van der Waals surface area contributed by atoms with Gasteiger partial charge in [-0.2, -0.15) is 0 Å². The van der Waals surface area contributed by atoms with E-state index in [2.05, 4.69) is 0 Å². The first kappa shape index (κ1) is 9.37. The first-order valence-corrected chi connectivity index (χ1v) is 5.10. The van der Waals surface area contributed by atoms with Crippen LogP contribution in [-0.4, -0.2) is 5.24 Å². The van der Waals surface area contributed by atoms with Crippen LogP contribution in [0.1, 0.15) is 10.4 Å². The molecule has 0 aliphatic heterocycles. The van der Waals surface area contributed by atoms with Gasteiger partial charge in [0.2, 0.25) is 4.74 Å². The zero-order valence-electron chi connectivity index (χ0n) is 6.99. The summed E-state index contributed by atoms with van der Waals surface area (Å²) in [5.41, 5.74) is 0.0513. The molecule has 0 aliphatic carbocycles. The van der Waals surface area contributed by atoms with Crippen molar-refractivity contribution in [2.24, 2.45) is 0 Å². The lowest BCUT2D eigenvalue weighted by molar-refractivity contribution is 0.108. The Labute approximate surface area is 88.8 Å². The summed E-state index contributed by atoms with van der Waals surface area (Å²) in [6.45, 7) is 0. The molecule has 70 valence electrons.